The second kappa shape index (κ2) is 5.58. The summed E-state index contributed by atoms with van der Waals surface area (Å²) in [5, 5.41) is 9.50. The minimum atomic E-state index is -0.642. The molecule has 1 aromatic rings. The third-order valence-electron chi connectivity index (χ3n) is 2.02. The second-order valence-corrected chi connectivity index (χ2v) is 3.03. The van der Waals surface area contributed by atoms with Crippen LogP contribution in [0.15, 0.2) is 24.8 Å². The molecule has 0 aromatic heterocycles. The van der Waals surface area contributed by atoms with Gasteiger partial charge in [-0.15, -0.1) is 19.0 Å². The number of phenolic OH excluding ortho intramolecular Hbond substituents is 1. The highest BCUT2D eigenvalue weighted by atomic mass is 35.5. The molecular formula is C10H14ClFN2O. The van der Waals surface area contributed by atoms with Crippen LogP contribution in [0.4, 0.5) is 10.1 Å². The molecule has 0 radical (unpaired) electrons. The third kappa shape index (κ3) is 2.84. The first kappa shape index (κ1) is 13.7. The van der Waals surface area contributed by atoms with Crippen molar-refractivity contribution in [1.82, 2.24) is 0 Å². The highest BCUT2D eigenvalue weighted by Gasteiger charge is 2.14. The Balaban J connectivity index is 0.00000196. The summed E-state index contributed by atoms with van der Waals surface area (Å²) in [4.78, 5) is 0. The molecule has 15 heavy (non-hydrogen) atoms. The van der Waals surface area contributed by atoms with E-state index in [1.54, 1.807) is 6.08 Å². The van der Waals surface area contributed by atoms with Crippen molar-refractivity contribution >= 4 is 18.1 Å². The van der Waals surface area contributed by atoms with Gasteiger partial charge in [-0.3, -0.25) is 0 Å². The lowest BCUT2D eigenvalue weighted by Gasteiger charge is -2.13. The molecule has 0 saturated carbocycles. The number of aromatic hydroxyl groups is 1. The Labute approximate surface area is 94.0 Å². The van der Waals surface area contributed by atoms with Crippen LogP contribution in [0.5, 0.6) is 5.75 Å². The molecule has 0 amide bonds. The van der Waals surface area contributed by atoms with Crippen LogP contribution in [0.25, 0.3) is 0 Å². The van der Waals surface area contributed by atoms with E-state index in [4.69, 9.17) is 11.5 Å². The van der Waals surface area contributed by atoms with Crippen LogP contribution in [0, 0.1) is 5.82 Å². The van der Waals surface area contributed by atoms with Gasteiger partial charge in [0.05, 0.1) is 0 Å². The van der Waals surface area contributed by atoms with E-state index in [1.807, 2.05) is 0 Å². The van der Waals surface area contributed by atoms with Crippen molar-refractivity contribution in [1.29, 1.82) is 0 Å². The minimum Gasteiger partial charge on any atom is -0.505 e. The van der Waals surface area contributed by atoms with E-state index in [9.17, 15) is 9.50 Å². The van der Waals surface area contributed by atoms with E-state index < -0.39 is 11.9 Å². The zero-order valence-corrected chi connectivity index (χ0v) is 8.93. The van der Waals surface area contributed by atoms with Crippen molar-refractivity contribution in [2.75, 3.05) is 5.73 Å². The number of anilines is 1. The van der Waals surface area contributed by atoms with Crippen molar-refractivity contribution in [3.63, 3.8) is 0 Å². The van der Waals surface area contributed by atoms with Crippen LogP contribution in [0.2, 0.25) is 0 Å². The average Bonchev–Trinajstić information content (AvgIpc) is 2.15. The van der Waals surface area contributed by atoms with E-state index in [-0.39, 0.29) is 23.8 Å². The molecule has 0 heterocycles. The summed E-state index contributed by atoms with van der Waals surface area (Å²) in [5.41, 5.74) is 11.2. The van der Waals surface area contributed by atoms with E-state index in [0.29, 0.717) is 12.0 Å². The fraction of sp³-hybridized carbons (Fsp3) is 0.200. The van der Waals surface area contributed by atoms with E-state index >= 15 is 0 Å². The molecule has 0 aliphatic carbocycles. The van der Waals surface area contributed by atoms with Crippen molar-refractivity contribution in [3.05, 3.63) is 36.2 Å². The number of hydrogen-bond acceptors (Lipinski definition) is 3. The highest BCUT2D eigenvalue weighted by Crippen LogP contribution is 2.32. The first-order valence-corrected chi connectivity index (χ1v) is 4.21. The number of nitrogens with two attached hydrogens (primary N) is 2. The Hall–Kier alpha value is -1.26. The Kier molecular flexibility index (Phi) is 5.11. The van der Waals surface area contributed by atoms with Crippen molar-refractivity contribution in [3.8, 4) is 5.75 Å². The molecule has 3 nitrogen and oxygen atoms in total. The third-order valence-corrected chi connectivity index (χ3v) is 2.02. The summed E-state index contributed by atoms with van der Waals surface area (Å²) < 4.78 is 12.9. The van der Waals surface area contributed by atoms with Gasteiger partial charge in [-0.2, -0.15) is 0 Å². The number of nitrogen functional groups attached to an aromatic ring is 1. The van der Waals surface area contributed by atoms with Crippen LogP contribution in [0.3, 0.4) is 0 Å². The van der Waals surface area contributed by atoms with Crippen molar-refractivity contribution < 1.29 is 9.50 Å². The van der Waals surface area contributed by atoms with Gasteiger partial charge in [0.15, 0.2) is 0 Å². The van der Waals surface area contributed by atoms with Gasteiger partial charge in [-0.1, -0.05) is 12.1 Å². The number of benzene rings is 1. The standard InChI is InChI=1S/C10H13FN2O.ClH/c1-2-3-8(12)6-4-5-7(11)9(13)10(6)14;/h2,4-5,8,14H,1,3,12-13H2;1H/t8-;/m1./s1. The van der Waals surface area contributed by atoms with Crippen LogP contribution in [-0.4, -0.2) is 5.11 Å². The van der Waals surface area contributed by atoms with Crippen LogP contribution >= 0.6 is 12.4 Å². The zero-order valence-electron chi connectivity index (χ0n) is 8.11. The lowest BCUT2D eigenvalue weighted by atomic mass is 10.0. The van der Waals surface area contributed by atoms with E-state index in [0.717, 1.165) is 0 Å². The van der Waals surface area contributed by atoms with Crippen LogP contribution in [0.1, 0.15) is 18.0 Å². The first-order valence-electron chi connectivity index (χ1n) is 4.21. The lowest BCUT2D eigenvalue weighted by molar-refractivity contribution is 0.459. The maximum absolute atomic E-state index is 12.9. The molecule has 1 atom stereocenters. The normalized spacial score (nSPS) is 11.6. The number of phenols is 1. The predicted molar refractivity (Wildman–Crippen MR) is 61.5 cm³/mol. The highest BCUT2D eigenvalue weighted by molar-refractivity contribution is 5.85. The summed E-state index contributed by atoms with van der Waals surface area (Å²) in [6.45, 7) is 3.53. The van der Waals surface area contributed by atoms with Gasteiger partial charge in [-0.25, -0.2) is 4.39 Å². The Morgan fingerprint density at radius 3 is 2.67 bits per heavy atom. The topological polar surface area (TPSA) is 72.3 Å². The lowest BCUT2D eigenvalue weighted by Crippen LogP contribution is -2.10. The molecule has 0 aliphatic rings. The molecule has 5 N–H and O–H groups in total. The maximum Gasteiger partial charge on any atom is 0.149 e. The Morgan fingerprint density at radius 1 is 1.53 bits per heavy atom. The fourth-order valence-electron chi connectivity index (χ4n) is 1.21. The molecule has 0 aliphatic heterocycles. The Morgan fingerprint density at radius 2 is 2.13 bits per heavy atom. The van der Waals surface area contributed by atoms with Gasteiger partial charge in [0.25, 0.3) is 0 Å². The van der Waals surface area contributed by atoms with Crippen molar-refractivity contribution in [2.24, 2.45) is 5.73 Å². The average molecular weight is 233 g/mol. The molecule has 0 bridgehead atoms. The van der Waals surface area contributed by atoms with E-state index in [2.05, 4.69) is 6.58 Å². The molecule has 1 aromatic carbocycles. The van der Waals surface area contributed by atoms with E-state index in [1.165, 1.54) is 12.1 Å². The Bertz CT molecular complexity index is 358. The quantitative estimate of drug-likeness (QED) is 0.425. The fourth-order valence-corrected chi connectivity index (χ4v) is 1.21. The van der Waals surface area contributed by atoms with Crippen molar-refractivity contribution in [2.45, 2.75) is 12.5 Å². The zero-order chi connectivity index (χ0) is 10.7. The smallest absolute Gasteiger partial charge is 0.149 e. The van der Waals surface area contributed by atoms with Gasteiger partial charge in [-0.05, 0) is 12.5 Å². The second-order valence-electron chi connectivity index (χ2n) is 3.03. The molecule has 0 fully saturated rings. The van der Waals surface area contributed by atoms with Gasteiger partial charge < -0.3 is 16.6 Å². The summed E-state index contributed by atoms with van der Waals surface area (Å²) in [6, 6.07) is 2.21. The number of rotatable bonds is 3. The maximum atomic E-state index is 12.9. The molecule has 0 spiro atoms. The summed E-state index contributed by atoms with van der Waals surface area (Å²) >= 11 is 0. The van der Waals surface area contributed by atoms with Gasteiger partial charge >= 0.3 is 0 Å². The largest absolute Gasteiger partial charge is 0.505 e. The first-order chi connectivity index (χ1) is 6.57. The minimum absolute atomic E-state index is 0. The van der Waals surface area contributed by atoms with Gasteiger partial charge in [0.1, 0.15) is 17.3 Å². The molecule has 1 rings (SSSR count). The SMILES string of the molecule is C=CC[C@@H](N)c1ccc(F)c(N)c1O.Cl. The summed E-state index contributed by atoms with van der Waals surface area (Å²) in [6.07, 6.45) is 2.13. The van der Waals surface area contributed by atoms with Crippen LogP contribution in [-0.2, 0) is 0 Å². The monoisotopic (exact) mass is 232 g/mol. The summed E-state index contributed by atoms with van der Waals surface area (Å²) in [7, 11) is 0. The molecule has 0 saturated heterocycles. The number of hydrogen-bond donors (Lipinski definition) is 3. The van der Waals surface area contributed by atoms with Gasteiger partial charge in [0, 0.05) is 11.6 Å². The molecule has 84 valence electrons. The predicted octanol–water partition coefficient (Wildman–Crippen LogP) is 2.11. The van der Waals surface area contributed by atoms with Crippen LogP contribution < -0.4 is 11.5 Å². The molecular weight excluding hydrogens is 219 g/mol. The molecule has 0 unspecified atom stereocenters. The molecule has 5 heteroatoms. The van der Waals surface area contributed by atoms with Gasteiger partial charge in [0.2, 0.25) is 0 Å². The summed E-state index contributed by atoms with van der Waals surface area (Å²) in [5.74, 6) is -0.920. The number of halogens is 2.